The van der Waals surface area contributed by atoms with Crippen LogP contribution in [0, 0.1) is 0 Å². The van der Waals surface area contributed by atoms with E-state index in [2.05, 4.69) is 34.1 Å². The van der Waals surface area contributed by atoms with Crippen LogP contribution in [0.4, 0.5) is 10.5 Å². The summed E-state index contributed by atoms with van der Waals surface area (Å²) in [6, 6.07) is 6.90. The monoisotopic (exact) mass is 400 g/mol. The average molecular weight is 401 g/mol. The molecule has 1 unspecified atom stereocenters. The SMILES string of the molecule is O=C(NC1=CCC(Cl)C=C1)N1CCC[C@H]1CNc1ccc2c(c1)CCNCC2. The number of anilines is 1. The fraction of sp³-hybridized carbons (Fsp3) is 0.500. The summed E-state index contributed by atoms with van der Waals surface area (Å²) in [4.78, 5) is 14.7. The van der Waals surface area contributed by atoms with Crippen LogP contribution in [0.25, 0.3) is 0 Å². The number of urea groups is 1. The quantitative estimate of drug-likeness (QED) is 0.679. The molecule has 4 rings (SSSR count). The molecule has 0 saturated carbocycles. The van der Waals surface area contributed by atoms with Gasteiger partial charge in [0.15, 0.2) is 0 Å². The first-order chi connectivity index (χ1) is 13.7. The minimum Gasteiger partial charge on any atom is -0.383 e. The number of nitrogens with one attached hydrogen (secondary N) is 3. The van der Waals surface area contributed by atoms with E-state index in [0.717, 1.165) is 69.7 Å². The first-order valence-corrected chi connectivity index (χ1v) is 10.8. The summed E-state index contributed by atoms with van der Waals surface area (Å²) in [5.74, 6) is 0. The first kappa shape index (κ1) is 19.3. The predicted molar refractivity (Wildman–Crippen MR) is 115 cm³/mol. The van der Waals surface area contributed by atoms with E-state index in [1.165, 1.54) is 11.1 Å². The summed E-state index contributed by atoms with van der Waals surface area (Å²) in [6.45, 7) is 3.69. The maximum Gasteiger partial charge on any atom is 0.322 e. The summed E-state index contributed by atoms with van der Waals surface area (Å²) < 4.78 is 0. The normalized spacial score (nSPS) is 24.3. The Hall–Kier alpha value is -1.98. The maximum absolute atomic E-state index is 12.7. The third kappa shape index (κ3) is 4.70. The predicted octanol–water partition coefficient (Wildman–Crippen LogP) is 3.41. The van der Waals surface area contributed by atoms with E-state index in [0.29, 0.717) is 0 Å². The summed E-state index contributed by atoms with van der Waals surface area (Å²) >= 11 is 6.06. The Balaban J connectivity index is 1.33. The molecule has 3 N–H and O–H groups in total. The topological polar surface area (TPSA) is 56.4 Å². The molecule has 28 heavy (non-hydrogen) atoms. The van der Waals surface area contributed by atoms with Crippen molar-refractivity contribution in [3.63, 3.8) is 0 Å². The highest BCUT2D eigenvalue weighted by Crippen LogP contribution is 2.22. The lowest BCUT2D eigenvalue weighted by Crippen LogP contribution is -2.45. The number of amides is 2. The van der Waals surface area contributed by atoms with E-state index in [1.807, 2.05) is 23.1 Å². The number of fused-ring (bicyclic) bond motifs is 1. The highest BCUT2D eigenvalue weighted by molar-refractivity contribution is 6.22. The zero-order chi connectivity index (χ0) is 19.3. The number of halogens is 1. The van der Waals surface area contributed by atoms with Crippen LogP contribution in [0.3, 0.4) is 0 Å². The van der Waals surface area contributed by atoms with Gasteiger partial charge in [0.2, 0.25) is 0 Å². The van der Waals surface area contributed by atoms with Crippen molar-refractivity contribution < 1.29 is 4.79 Å². The van der Waals surface area contributed by atoms with Gasteiger partial charge in [-0.05, 0) is 74.5 Å². The molecule has 1 fully saturated rings. The molecule has 1 aromatic carbocycles. The van der Waals surface area contributed by atoms with Crippen LogP contribution in [0.1, 0.15) is 30.4 Å². The van der Waals surface area contributed by atoms with Gasteiger partial charge in [0.1, 0.15) is 0 Å². The third-order valence-corrected chi connectivity index (χ3v) is 6.15. The highest BCUT2D eigenvalue weighted by Gasteiger charge is 2.29. The fourth-order valence-electron chi connectivity index (χ4n) is 4.22. The van der Waals surface area contributed by atoms with E-state index in [4.69, 9.17) is 11.6 Å². The van der Waals surface area contributed by atoms with Crippen molar-refractivity contribution in [2.45, 2.75) is 43.5 Å². The van der Waals surface area contributed by atoms with Crippen molar-refractivity contribution in [1.82, 2.24) is 15.5 Å². The molecule has 0 bridgehead atoms. The van der Waals surface area contributed by atoms with Crippen molar-refractivity contribution in [1.29, 1.82) is 0 Å². The van der Waals surface area contributed by atoms with Crippen LogP contribution in [-0.2, 0) is 12.8 Å². The van der Waals surface area contributed by atoms with E-state index in [-0.39, 0.29) is 17.5 Å². The molecule has 2 heterocycles. The Bertz CT molecular complexity index is 776. The molecule has 1 aliphatic carbocycles. The fourth-order valence-corrected chi connectivity index (χ4v) is 4.38. The van der Waals surface area contributed by atoms with Crippen LogP contribution < -0.4 is 16.0 Å². The number of hydrogen-bond donors (Lipinski definition) is 3. The number of nitrogens with zero attached hydrogens (tertiary/aromatic N) is 1. The molecule has 2 atom stereocenters. The summed E-state index contributed by atoms with van der Waals surface area (Å²) in [7, 11) is 0. The smallest absolute Gasteiger partial charge is 0.322 e. The van der Waals surface area contributed by atoms with Crippen LogP contribution in [-0.4, -0.2) is 48.5 Å². The van der Waals surface area contributed by atoms with Gasteiger partial charge in [0, 0.05) is 24.5 Å². The molecular weight excluding hydrogens is 372 g/mol. The van der Waals surface area contributed by atoms with Crippen molar-refractivity contribution in [2.24, 2.45) is 0 Å². The Labute approximate surface area is 172 Å². The molecule has 2 aliphatic heterocycles. The first-order valence-electron chi connectivity index (χ1n) is 10.4. The number of rotatable bonds is 4. The molecule has 6 heteroatoms. The molecular formula is C22H29ClN4O. The Morgan fingerprint density at radius 1 is 1.25 bits per heavy atom. The van der Waals surface area contributed by atoms with E-state index >= 15 is 0 Å². The van der Waals surface area contributed by atoms with Gasteiger partial charge in [-0.2, -0.15) is 0 Å². The van der Waals surface area contributed by atoms with E-state index in [9.17, 15) is 4.79 Å². The number of benzene rings is 1. The van der Waals surface area contributed by atoms with Gasteiger partial charge in [-0.1, -0.05) is 18.2 Å². The lowest BCUT2D eigenvalue weighted by molar-refractivity contribution is 0.198. The van der Waals surface area contributed by atoms with Gasteiger partial charge in [-0.15, -0.1) is 11.6 Å². The second-order valence-corrected chi connectivity index (χ2v) is 8.36. The zero-order valence-corrected chi connectivity index (χ0v) is 17.0. The molecule has 3 aliphatic rings. The average Bonchev–Trinajstić information content (AvgIpc) is 3.05. The van der Waals surface area contributed by atoms with Gasteiger partial charge in [0.05, 0.1) is 11.4 Å². The Morgan fingerprint density at radius 3 is 2.93 bits per heavy atom. The molecule has 0 radical (unpaired) electrons. The van der Waals surface area contributed by atoms with E-state index in [1.54, 1.807) is 0 Å². The zero-order valence-electron chi connectivity index (χ0n) is 16.2. The van der Waals surface area contributed by atoms with Gasteiger partial charge < -0.3 is 20.9 Å². The van der Waals surface area contributed by atoms with Crippen molar-refractivity contribution in [2.75, 3.05) is 31.5 Å². The van der Waals surface area contributed by atoms with Gasteiger partial charge in [-0.25, -0.2) is 4.79 Å². The standard InChI is InChI=1S/C22H29ClN4O/c23-18-4-7-19(8-5-18)26-22(28)27-13-1-2-21(27)15-25-20-6-3-16-9-11-24-12-10-17(16)14-20/h3-4,6-8,14,18,21,24-25H,1-2,5,9-13,15H2,(H,26,28)/t18?,21-/m0/s1. The number of carbonyl (C=O) groups excluding carboxylic acids is 1. The molecule has 0 aromatic heterocycles. The molecule has 1 saturated heterocycles. The maximum atomic E-state index is 12.7. The second kappa shape index (κ2) is 9.01. The summed E-state index contributed by atoms with van der Waals surface area (Å²) in [5.41, 5.74) is 4.88. The van der Waals surface area contributed by atoms with Gasteiger partial charge >= 0.3 is 6.03 Å². The lowest BCUT2D eigenvalue weighted by atomic mass is 10.0. The largest absolute Gasteiger partial charge is 0.383 e. The molecule has 150 valence electrons. The highest BCUT2D eigenvalue weighted by atomic mass is 35.5. The summed E-state index contributed by atoms with van der Waals surface area (Å²) in [5, 5.41) is 10.1. The molecule has 2 amide bonds. The second-order valence-electron chi connectivity index (χ2n) is 7.80. The number of hydrogen-bond acceptors (Lipinski definition) is 3. The Morgan fingerprint density at radius 2 is 2.11 bits per heavy atom. The van der Waals surface area contributed by atoms with Crippen molar-refractivity contribution >= 4 is 23.3 Å². The van der Waals surface area contributed by atoms with Gasteiger partial charge in [-0.3, -0.25) is 0 Å². The minimum atomic E-state index is -0.0128. The minimum absolute atomic E-state index is 0.0128. The van der Waals surface area contributed by atoms with Crippen LogP contribution in [0.5, 0.6) is 0 Å². The van der Waals surface area contributed by atoms with Crippen LogP contribution in [0.2, 0.25) is 0 Å². The molecule has 1 aromatic rings. The molecule has 0 spiro atoms. The Kier molecular flexibility index (Phi) is 6.23. The molecule has 5 nitrogen and oxygen atoms in total. The lowest BCUT2D eigenvalue weighted by Gasteiger charge is -2.26. The van der Waals surface area contributed by atoms with Crippen molar-refractivity contribution in [3.8, 4) is 0 Å². The summed E-state index contributed by atoms with van der Waals surface area (Å²) in [6.07, 6.45) is 10.8. The van der Waals surface area contributed by atoms with E-state index < -0.39 is 0 Å². The number of allylic oxidation sites excluding steroid dienone is 3. The number of likely N-dealkylation sites (tertiary alicyclic amines) is 1. The van der Waals surface area contributed by atoms with Crippen molar-refractivity contribution in [3.05, 3.63) is 53.3 Å². The van der Waals surface area contributed by atoms with Gasteiger partial charge in [0.25, 0.3) is 0 Å². The number of carbonyl (C=O) groups is 1. The van der Waals surface area contributed by atoms with Crippen LogP contribution >= 0.6 is 11.6 Å². The third-order valence-electron chi connectivity index (χ3n) is 5.83. The van der Waals surface area contributed by atoms with Crippen LogP contribution in [0.15, 0.2) is 42.1 Å². The number of alkyl halides is 1.